The van der Waals surface area contributed by atoms with Crippen molar-refractivity contribution in [2.75, 3.05) is 12.4 Å². The molecule has 33 heavy (non-hydrogen) atoms. The first-order valence-corrected chi connectivity index (χ1v) is 11.0. The van der Waals surface area contributed by atoms with Crippen molar-refractivity contribution in [2.45, 2.75) is 6.54 Å². The molecule has 5 aromatic rings. The second kappa shape index (κ2) is 8.71. The molecular formula is C24H19N5O3S. The smallest absolute Gasteiger partial charge is 0.283 e. The first kappa shape index (κ1) is 20.7. The molecule has 5 rings (SSSR count). The largest absolute Gasteiger partial charge is 0.497 e. The maximum absolute atomic E-state index is 12.9. The van der Waals surface area contributed by atoms with Gasteiger partial charge >= 0.3 is 0 Å². The Morgan fingerprint density at radius 1 is 1.06 bits per heavy atom. The van der Waals surface area contributed by atoms with E-state index in [-0.39, 0.29) is 11.5 Å². The predicted octanol–water partition coefficient (Wildman–Crippen LogP) is 3.99. The van der Waals surface area contributed by atoms with E-state index >= 15 is 0 Å². The van der Waals surface area contributed by atoms with Gasteiger partial charge in [-0.05, 0) is 48.0 Å². The molecule has 0 aliphatic carbocycles. The van der Waals surface area contributed by atoms with Gasteiger partial charge in [0.1, 0.15) is 5.75 Å². The van der Waals surface area contributed by atoms with Gasteiger partial charge in [-0.1, -0.05) is 41.7 Å². The Bertz CT molecular complexity index is 1510. The quantitative estimate of drug-likeness (QED) is 0.400. The minimum atomic E-state index is -0.280. The number of benzene rings is 3. The molecule has 8 nitrogen and oxygen atoms in total. The van der Waals surface area contributed by atoms with Crippen molar-refractivity contribution in [1.29, 1.82) is 0 Å². The van der Waals surface area contributed by atoms with Crippen LogP contribution < -0.4 is 20.9 Å². The van der Waals surface area contributed by atoms with Gasteiger partial charge in [0, 0.05) is 17.8 Å². The van der Waals surface area contributed by atoms with Gasteiger partial charge in [-0.3, -0.25) is 9.59 Å². The first-order chi connectivity index (χ1) is 16.1. The number of para-hydroxylation sites is 1. The van der Waals surface area contributed by atoms with Gasteiger partial charge in [0.25, 0.3) is 11.5 Å². The molecule has 0 saturated heterocycles. The lowest BCUT2D eigenvalue weighted by Crippen LogP contribution is -2.23. The monoisotopic (exact) mass is 457 g/mol. The summed E-state index contributed by atoms with van der Waals surface area (Å²) < 4.78 is 6.43. The normalized spacial score (nSPS) is 10.9. The zero-order valence-corrected chi connectivity index (χ0v) is 18.4. The van der Waals surface area contributed by atoms with Crippen LogP contribution in [0.5, 0.6) is 5.75 Å². The van der Waals surface area contributed by atoms with Crippen LogP contribution in [-0.2, 0) is 6.54 Å². The molecule has 0 bridgehead atoms. The van der Waals surface area contributed by atoms with Crippen LogP contribution in [-0.4, -0.2) is 27.6 Å². The summed E-state index contributed by atoms with van der Waals surface area (Å²) in [5.41, 5.74) is 2.42. The lowest BCUT2D eigenvalue weighted by molar-refractivity contribution is 0.0951. The Labute approximate surface area is 192 Å². The number of ether oxygens (including phenoxy) is 1. The maximum Gasteiger partial charge on any atom is 0.283 e. The molecule has 0 radical (unpaired) electrons. The van der Waals surface area contributed by atoms with Crippen molar-refractivity contribution < 1.29 is 9.53 Å². The highest BCUT2D eigenvalue weighted by Crippen LogP contribution is 2.23. The average molecular weight is 458 g/mol. The number of fused-ring (bicyclic) bond motifs is 2. The Hall–Kier alpha value is -4.24. The maximum atomic E-state index is 12.9. The third-order valence-corrected chi connectivity index (χ3v) is 5.92. The molecule has 0 aliphatic rings. The molecule has 0 unspecified atom stereocenters. The summed E-state index contributed by atoms with van der Waals surface area (Å²) in [5, 5.41) is 11.4. The molecule has 2 heterocycles. The van der Waals surface area contributed by atoms with Gasteiger partial charge in [0.15, 0.2) is 0 Å². The van der Waals surface area contributed by atoms with E-state index in [0.29, 0.717) is 33.1 Å². The zero-order chi connectivity index (χ0) is 22.8. The number of nitrogens with one attached hydrogen (secondary N) is 2. The van der Waals surface area contributed by atoms with Crippen LogP contribution in [0.2, 0.25) is 0 Å². The molecule has 3 aromatic carbocycles. The minimum Gasteiger partial charge on any atom is -0.497 e. The number of hydrogen-bond acceptors (Lipinski definition) is 7. The molecule has 164 valence electrons. The molecule has 9 heteroatoms. The van der Waals surface area contributed by atoms with E-state index in [1.54, 1.807) is 25.3 Å². The minimum absolute atomic E-state index is 0.245. The zero-order valence-electron chi connectivity index (χ0n) is 17.6. The molecule has 2 aromatic heterocycles. The lowest BCUT2D eigenvalue weighted by atomic mass is 10.1. The first-order valence-electron chi connectivity index (χ1n) is 10.2. The van der Waals surface area contributed by atoms with Crippen molar-refractivity contribution in [2.24, 2.45) is 0 Å². The molecule has 0 atom stereocenters. The van der Waals surface area contributed by atoms with Gasteiger partial charge in [-0.15, -0.1) is 5.10 Å². The van der Waals surface area contributed by atoms with Crippen LogP contribution in [0.15, 0.2) is 77.6 Å². The summed E-state index contributed by atoms with van der Waals surface area (Å²) >= 11 is 1.26. The summed E-state index contributed by atoms with van der Waals surface area (Å²) in [6.07, 6.45) is 0. The van der Waals surface area contributed by atoms with E-state index in [0.717, 1.165) is 17.0 Å². The number of amides is 1. The summed E-state index contributed by atoms with van der Waals surface area (Å²) in [6.45, 7) is 0.374. The summed E-state index contributed by atoms with van der Waals surface area (Å²) in [7, 11) is 1.61. The van der Waals surface area contributed by atoms with Crippen molar-refractivity contribution in [3.63, 3.8) is 0 Å². The third-order valence-electron chi connectivity index (χ3n) is 5.10. The number of rotatable bonds is 6. The van der Waals surface area contributed by atoms with E-state index in [4.69, 9.17) is 4.74 Å². The number of carbonyl (C=O) groups is 1. The molecule has 0 aliphatic heterocycles. The fourth-order valence-electron chi connectivity index (χ4n) is 3.37. The molecular weight excluding hydrogens is 438 g/mol. The van der Waals surface area contributed by atoms with Crippen LogP contribution in [0.1, 0.15) is 15.9 Å². The highest BCUT2D eigenvalue weighted by atomic mass is 32.1. The molecule has 0 saturated carbocycles. The second-order valence-corrected chi connectivity index (χ2v) is 8.23. The van der Waals surface area contributed by atoms with Crippen LogP contribution in [0.4, 0.5) is 10.8 Å². The fourth-order valence-corrected chi connectivity index (χ4v) is 4.19. The van der Waals surface area contributed by atoms with Gasteiger partial charge in [-0.2, -0.15) is 4.52 Å². The van der Waals surface area contributed by atoms with E-state index < -0.39 is 0 Å². The fraction of sp³-hybridized carbons (Fsp3) is 0.0833. The number of aromatic nitrogens is 3. The van der Waals surface area contributed by atoms with E-state index in [9.17, 15) is 9.59 Å². The Balaban J connectivity index is 1.39. The Morgan fingerprint density at radius 2 is 1.85 bits per heavy atom. The third kappa shape index (κ3) is 4.26. The summed E-state index contributed by atoms with van der Waals surface area (Å²) in [4.78, 5) is 30.6. The van der Waals surface area contributed by atoms with Gasteiger partial charge in [0.05, 0.1) is 18.0 Å². The van der Waals surface area contributed by atoms with Gasteiger partial charge in [-0.25, -0.2) is 4.98 Å². The van der Waals surface area contributed by atoms with Gasteiger partial charge in [0.2, 0.25) is 10.1 Å². The van der Waals surface area contributed by atoms with Crippen molar-refractivity contribution in [1.82, 2.24) is 19.9 Å². The number of hydrogen-bond donors (Lipinski definition) is 2. The molecule has 2 N–H and O–H groups in total. The number of carbonyl (C=O) groups excluding carboxylic acids is 1. The lowest BCUT2D eigenvalue weighted by Gasteiger charge is -2.07. The second-order valence-electron chi connectivity index (χ2n) is 7.27. The highest BCUT2D eigenvalue weighted by molar-refractivity contribution is 7.20. The van der Waals surface area contributed by atoms with Crippen LogP contribution >= 0.6 is 11.3 Å². The molecule has 1 amide bonds. The van der Waals surface area contributed by atoms with E-state index in [1.807, 2.05) is 54.6 Å². The molecule has 0 spiro atoms. The van der Waals surface area contributed by atoms with E-state index in [2.05, 4.69) is 20.7 Å². The Morgan fingerprint density at radius 3 is 2.61 bits per heavy atom. The van der Waals surface area contributed by atoms with E-state index in [1.165, 1.54) is 15.9 Å². The van der Waals surface area contributed by atoms with Crippen LogP contribution in [0.3, 0.4) is 0 Å². The van der Waals surface area contributed by atoms with Crippen molar-refractivity contribution >= 4 is 43.9 Å². The van der Waals surface area contributed by atoms with Gasteiger partial charge < -0.3 is 15.4 Å². The number of nitrogens with zero attached hydrogens (tertiary/aromatic N) is 3. The Kier molecular flexibility index (Phi) is 5.45. The highest BCUT2D eigenvalue weighted by Gasteiger charge is 2.14. The number of methoxy groups -OCH3 is 1. The average Bonchev–Trinajstić information content (AvgIpc) is 3.25. The van der Waals surface area contributed by atoms with Crippen LogP contribution in [0, 0.1) is 0 Å². The standard InChI is InChI=1S/C24H19N5O3S/c1-32-18-10-7-15(8-11-18)14-25-21(30)16-9-12-19-20(13-16)27-24-29(22(19)31)28-23(33-24)26-17-5-3-2-4-6-17/h2-13H,14H2,1H3,(H,25,30)(H,26,28). The van der Waals surface area contributed by atoms with Crippen molar-refractivity contribution in [3.05, 3.63) is 94.3 Å². The number of anilines is 2. The SMILES string of the molecule is COc1ccc(CNC(=O)c2ccc3c(=O)n4nc(Nc5ccccc5)sc4nc3c2)cc1. The predicted molar refractivity (Wildman–Crippen MR) is 129 cm³/mol. The summed E-state index contributed by atoms with van der Waals surface area (Å²) in [6, 6.07) is 21.9. The van der Waals surface area contributed by atoms with Crippen molar-refractivity contribution in [3.8, 4) is 5.75 Å². The topological polar surface area (TPSA) is 97.6 Å². The van der Waals surface area contributed by atoms with Crippen LogP contribution in [0.25, 0.3) is 15.9 Å². The summed E-state index contributed by atoms with van der Waals surface area (Å²) in [5.74, 6) is 0.513. The molecule has 0 fully saturated rings.